The average molecular weight is 154 g/mol. The van der Waals surface area contributed by atoms with Gasteiger partial charge in [0.25, 0.3) is 0 Å². The Hall–Kier alpha value is -0.630. The van der Waals surface area contributed by atoms with Crippen LogP contribution in [0.5, 0.6) is 0 Å². The number of carbonyl (C=O) groups is 1. The summed E-state index contributed by atoms with van der Waals surface area (Å²) in [7, 11) is 0. The number of aryl methyl sites for hydroxylation is 1. The van der Waals surface area contributed by atoms with Gasteiger partial charge in [0, 0.05) is 4.88 Å². The maximum Gasteiger partial charge on any atom is 0.160 e. The Kier molecular flexibility index (Phi) is 2.63. The zero-order chi connectivity index (χ0) is 7.40. The molecule has 1 heterocycles. The second-order valence-electron chi connectivity index (χ2n) is 2.17. The largest absolute Gasteiger partial charge is 0.297 e. The van der Waals surface area contributed by atoms with Crippen LogP contribution in [0.3, 0.4) is 0 Å². The predicted octanol–water partition coefficient (Wildman–Crippen LogP) is 2.51. The third kappa shape index (κ3) is 1.67. The Morgan fingerprint density at radius 1 is 1.60 bits per heavy atom. The van der Waals surface area contributed by atoms with E-state index in [1.807, 2.05) is 12.1 Å². The van der Waals surface area contributed by atoms with Crippen molar-refractivity contribution in [3.63, 3.8) is 0 Å². The molecule has 0 saturated heterocycles. The Balaban J connectivity index is 2.68. The quantitative estimate of drug-likeness (QED) is 0.611. The van der Waals surface area contributed by atoms with Crippen molar-refractivity contribution in [2.75, 3.05) is 0 Å². The van der Waals surface area contributed by atoms with E-state index in [0.29, 0.717) is 0 Å². The topological polar surface area (TPSA) is 17.1 Å². The van der Waals surface area contributed by atoms with Crippen molar-refractivity contribution in [3.8, 4) is 0 Å². The highest BCUT2D eigenvalue weighted by molar-refractivity contribution is 7.13. The number of carbonyl (C=O) groups excluding carboxylic acids is 1. The minimum Gasteiger partial charge on any atom is -0.297 e. The van der Waals surface area contributed by atoms with Crippen LogP contribution in [0.1, 0.15) is 27.9 Å². The van der Waals surface area contributed by atoms with Crippen LogP contribution in [-0.4, -0.2) is 6.29 Å². The molecule has 1 aromatic heterocycles. The van der Waals surface area contributed by atoms with Crippen molar-refractivity contribution in [1.29, 1.82) is 0 Å². The van der Waals surface area contributed by atoms with E-state index in [0.717, 1.165) is 24.0 Å². The molecular weight excluding hydrogens is 144 g/mol. The zero-order valence-electron chi connectivity index (χ0n) is 5.96. The van der Waals surface area contributed by atoms with Crippen LogP contribution in [-0.2, 0) is 6.42 Å². The first kappa shape index (κ1) is 7.48. The molecule has 0 radical (unpaired) electrons. The highest BCUT2D eigenvalue weighted by Crippen LogP contribution is 2.15. The lowest BCUT2D eigenvalue weighted by molar-refractivity contribution is 0.112. The lowest BCUT2D eigenvalue weighted by Gasteiger charge is -1.86. The predicted molar refractivity (Wildman–Crippen MR) is 43.7 cm³/mol. The zero-order valence-corrected chi connectivity index (χ0v) is 6.78. The Morgan fingerprint density at radius 3 is 2.90 bits per heavy atom. The van der Waals surface area contributed by atoms with Crippen molar-refractivity contribution >= 4 is 17.6 Å². The lowest BCUT2D eigenvalue weighted by Crippen LogP contribution is -1.72. The molecule has 1 nitrogen and oxygen atoms in total. The summed E-state index contributed by atoms with van der Waals surface area (Å²) in [6.45, 7) is 2.14. The lowest BCUT2D eigenvalue weighted by atomic mass is 10.3. The molecule has 0 aliphatic heterocycles. The molecule has 0 fully saturated rings. The minimum absolute atomic E-state index is 0.837. The number of hydrogen-bond acceptors (Lipinski definition) is 2. The molecule has 0 bridgehead atoms. The molecule has 0 atom stereocenters. The van der Waals surface area contributed by atoms with E-state index in [1.165, 1.54) is 4.88 Å². The van der Waals surface area contributed by atoms with E-state index >= 15 is 0 Å². The Morgan fingerprint density at radius 2 is 2.40 bits per heavy atom. The van der Waals surface area contributed by atoms with Crippen LogP contribution in [0, 0.1) is 0 Å². The van der Waals surface area contributed by atoms with Gasteiger partial charge in [0.15, 0.2) is 6.29 Å². The first-order chi connectivity index (χ1) is 4.86. The van der Waals surface area contributed by atoms with Crippen molar-refractivity contribution in [3.05, 3.63) is 21.9 Å². The molecule has 0 aromatic carbocycles. The van der Waals surface area contributed by atoms with Crippen LogP contribution < -0.4 is 0 Å². The van der Waals surface area contributed by atoms with Crippen LogP contribution >= 0.6 is 11.3 Å². The maximum atomic E-state index is 10.2. The first-order valence-electron chi connectivity index (χ1n) is 3.40. The van der Waals surface area contributed by atoms with E-state index in [-0.39, 0.29) is 0 Å². The molecule has 2 heteroatoms. The Labute approximate surface area is 64.7 Å². The van der Waals surface area contributed by atoms with Gasteiger partial charge in [-0.2, -0.15) is 0 Å². The van der Waals surface area contributed by atoms with E-state index in [1.54, 1.807) is 11.3 Å². The second-order valence-corrected chi connectivity index (χ2v) is 3.37. The third-order valence-corrected chi connectivity index (χ3v) is 2.37. The van der Waals surface area contributed by atoms with Crippen molar-refractivity contribution < 1.29 is 4.79 Å². The molecule has 0 N–H and O–H groups in total. The third-order valence-electron chi connectivity index (χ3n) is 1.29. The molecule has 10 heavy (non-hydrogen) atoms. The fourth-order valence-electron chi connectivity index (χ4n) is 0.839. The van der Waals surface area contributed by atoms with Crippen LogP contribution in [0.2, 0.25) is 0 Å². The fraction of sp³-hybridized carbons (Fsp3) is 0.375. The summed E-state index contributed by atoms with van der Waals surface area (Å²) >= 11 is 1.59. The van der Waals surface area contributed by atoms with Gasteiger partial charge in [0.2, 0.25) is 0 Å². The van der Waals surface area contributed by atoms with Gasteiger partial charge in [-0.1, -0.05) is 13.3 Å². The molecule has 0 aliphatic rings. The molecule has 0 saturated carbocycles. The molecule has 1 aromatic rings. The molecule has 0 spiro atoms. The minimum atomic E-state index is 0.837. The fourth-order valence-corrected chi connectivity index (χ4v) is 1.77. The summed E-state index contributed by atoms with van der Waals surface area (Å²) in [4.78, 5) is 12.4. The van der Waals surface area contributed by atoms with E-state index in [9.17, 15) is 4.79 Å². The number of aldehydes is 1. The first-order valence-corrected chi connectivity index (χ1v) is 4.22. The highest BCUT2D eigenvalue weighted by atomic mass is 32.1. The normalized spacial score (nSPS) is 9.70. The van der Waals surface area contributed by atoms with Gasteiger partial charge in [0.05, 0.1) is 4.88 Å². The van der Waals surface area contributed by atoms with Gasteiger partial charge in [-0.3, -0.25) is 4.79 Å². The van der Waals surface area contributed by atoms with Gasteiger partial charge >= 0.3 is 0 Å². The van der Waals surface area contributed by atoms with Crippen molar-refractivity contribution in [1.82, 2.24) is 0 Å². The molecule has 0 amide bonds. The molecule has 1 rings (SSSR count). The summed E-state index contributed by atoms with van der Waals surface area (Å²) in [5.41, 5.74) is 0. The van der Waals surface area contributed by atoms with E-state index in [4.69, 9.17) is 0 Å². The number of thiophene rings is 1. The van der Waals surface area contributed by atoms with Crippen LogP contribution in [0.25, 0.3) is 0 Å². The number of rotatable bonds is 3. The maximum absolute atomic E-state index is 10.2. The van der Waals surface area contributed by atoms with Gasteiger partial charge in [-0.15, -0.1) is 11.3 Å². The van der Waals surface area contributed by atoms with Crippen LogP contribution in [0.15, 0.2) is 12.1 Å². The van der Waals surface area contributed by atoms with Gasteiger partial charge < -0.3 is 0 Å². The summed E-state index contributed by atoms with van der Waals surface area (Å²) in [5, 5.41) is 0. The average Bonchev–Trinajstić information content (AvgIpc) is 2.37. The van der Waals surface area contributed by atoms with Gasteiger partial charge in [0.1, 0.15) is 0 Å². The van der Waals surface area contributed by atoms with Crippen molar-refractivity contribution in [2.24, 2.45) is 0 Å². The molecule has 0 aliphatic carbocycles. The standard InChI is InChI=1S/C8H10OS/c1-2-3-7-4-5-8(6-9)10-7/h4-6H,2-3H2,1H3. The van der Waals surface area contributed by atoms with Crippen LogP contribution in [0.4, 0.5) is 0 Å². The smallest absolute Gasteiger partial charge is 0.160 e. The SMILES string of the molecule is CCCc1ccc(C=O)s1. The Bertz CT molecular complexity index is 215. The molecule has 54 valence electrons. The number of hydrogen-bond donors (Lipinski definition) is 0. The summed E-state index contributed by atoms with van der Waals surface area (Å²) in [5.74, 6) is 0. The van der Waals surface area contributed by atoms with E-state index < -0.39 is 0 Å². The molecule has 0 unspecified atom stereocenters. The van der Waals surface area contributed by atoms with Gasteiger partial charge in [-0.25, -0.2) is 0 Å². The highest BCUT2D eigenvalue weighted by Gasteiger charge is 1.95. The monoisotopic (exact) mass is 154 g/mol. The molecular formula is C8H10OS. The van der Waals surface area contributed by atoms with Crippen molar-refractivity contribution in [2.45, 2.75) is 19.8 Å². The second kappa shape index (κ2) is 3.52. The summed E-state index contributed by atoms with van der Waals surface area (Å²) in [6.07, 6.45) is 3.15. The summed E-state index contributed by atoms with van der Waals surface area (Å²) in [6, 6.07) is 3.90. The van der Waals surface area contributed by atoms with E-state index in [2.05, 4.69) is 6.92 Å². The van der Waals surface area contributed by atoms with Gasteiger partial charge in [-0.05, 0) is 18.6 Å². The summed E-state index contributed by atoms with van der Waals surface area (Å²) < 4.78 is 0.